The van der Waals surface area contributed by atoms with Crippen LogP contribution in [-0.2, 0) is 4.79 Å². The molecule has 0 aliphatic heterocycles. The summed E-state index contributed by atoms with van der Waals surface area (Å²) in [6.07, 6.45) is 0. The minimum absolute atomic E-state index is 0.0320. The summed E-state index contributed by atoms with van der Waals surface area (Å²) in [5.74, 6) is -0.209. The maximum Gasteiger partial charge on any atom is 0.274 e. The number of nitrogens with one attached hydrogen (secondary N) is 2. The molecule has 23 heavy (non-hydrogen) atoms. The van der Waals surface area contributed by atoms with Gasteiger partial charge in [-0.15, -0.1) is 0 Å². The van der Waals surface area contributed by atoms with E-state index in [1.165, 1.54) is 6.07 Å². The molecular weight excluding hydrogens is 294 g/mol. The molecule has 0 heterocycles. The highest BCUT2D eigenvalue weighted by molar-refractivity contribution is 5.94. The van der Waals surface area contributed by atoms with Gasteiger partial charge in [-0.3, -0.25) is 14.9 Å². The molecule has 120 valence electrons. The first kappa shape index (κ1) is 16.5. The highest BCUT2D eigenvalue weighted by atomic mass is 16.6. The standard InChI is InChI=1S/C17H19N3O3/c1-11-7-8-14(9-12(11)2)19-17(21)10-18-15-5-4-6-16(13(15)3)20(22)23/h4-9,18H,10H2,1-3H3,(H,19,21). The molecule has 2 aromatic rings. The molecule has 0 atom stereocenters. The Balaban J connectivity index is 2.00. The Morgan fingerprint density at radius 2 is 1.87 bits per heavy atom. The third-order valence-electron chi connectivity index (χ3n) is 3.73. The van der Waals surface area contributed by atoms with E-state index in [1.54, 1.807) is 19.1 Å². The van der Waals surface area contributed by atoms with Gasteiger partial charge in [0.05, 0.1) is 11.5 Å². The van der Waals surface area contributed by atoms with Gasteiger partial charge in [0.15, 0.2) is 0 Å². The van der Waals surface area contributed by atoms with Crippen molar-refractivity contribution in [1.82, 2.24) is 0 Å². The van der Waals surface area contributed by atoms with E-state index >= 15 is 0 Å². The number of anilines is 2. The van der Waals surface area contributed by atoms with Crippen LogP contribution in [0.4, 0.5) is 17.1 Å². The lowest BCUT2D eigenvalue weighted by Gasteiger charge is -2.11. The van der Waals surface area contributed by atoms with E-state index in [0.29, 0.717) is 11.3 Å². The summed E-state index contributed by atoms with van der Waals surface area (Å²) in [6, 6.07) is 10.4. The van der Waals surface area contributed by atoms with Gasteiger partial charge in [-0.2, -0.15) is 0 Å². The van der Waals surface area contributed by atoms with Gasteiger partial charge in [-0.1, -0.05) is 12.1 Å². The zero-order valence-electron chi connectivity index (χ0n) is 13.3. The number of hydrogen-bond acceptors (Lipinski definition) is 4. The van der Waals surface area contributed by atoms with Crippen molar-refractivity contribution < 1.29 is 9.72 Å². The SMILES string of the molecule is Cc1ccc(NC(=O)CNc2cccc([N+](=O)[O-])c2C)cc1C. The molecular formula is C17H19N3O3. The number of nitro benzene ring substituents is 1. The molecule has 2 aromatic carbocycles. The van der Waals surface area contributed by atoms with Crippen molar-refractivity contribution in [3.63, 3.8) is 0 Å². The Labute approximate surface area is 134 Å². The van der Waals surface area contributed by atoms with Gasteiger partial charge in [-0.25, -0.2) is 0 Å². The summed E-state index contributed by atoms with van der Waals surface area (Å²) >= 11 is 0. The molecule has 1 amide bonds. The minimum atomic E-state index is -0.435. The minimum Gasteiger partial charge on any atom is -0.376 e. The average molecular weight is 313 g/mol. The van der Waals surface area contributed by atoms with Crippen LogP contribution in [-0.4, -0.2) is 17.4 Å². The summed E-state index contributed by atoms with van der Waals surface area (Å²) in [4.78, 5) is 22.5. The number of aryl methyl sites for hydroxylation is 2. The summed E-state index contributed by atoms with van der Waals surface area (Å²) in [5, 5.41) is 16.7. The van der Waals surface area contributed by atoms with E-state index in [9.17, 15) is 14.9 Å². The molecule has 0 saturated heterocycles. The molecule has 0 aliphatic rings. The molecule has 0 radical (unpaired) electrons. The van der Waals surface area contributed by atoms with Crippen LogP contribution in [0.1, 0.15) is 16.7 Å². The molecule has 0 fully saturated rings. The fourth-order valence-electron chi connectivity index (χ4n) is 2.21. The van der Waals surface area contributed by atoms with Crippen LogP contribution >= 0.6 is 0 Å². The van der Waals surface area contributed by atoms with Crippen molar-refractivity contribution in [3.8, 4) is 0 Å². The number of nitro groups is 1. The first-order valence-corrected chi connectivity index (χ1v) is 7.23. The van der Waals surface area contributed by atoms with E-state index in [-0.39, 0.29) is 18.1 Å². The number of nitrogens with zero attached hydrogens (tertiary/aromatic N) is 1. The molecule has 6 heteroatoms. The fraction of sp³-hybridized carbons (Fsp3) is 0.235. The number of carbonyl (C=O) groups is 1. The average Bonchev–Trinajstić information content (AvgIpc) is 2.49. The predicted octanol–water partition coefficient (Wildman–Crippen LogP) is 3.57. The summed E-state index contributed by atoms with van der Waals surface area (Å²) in [5.41, 5.74) is 4.12. The third-order valence-corrected chi connectivity index (χ3v) is 3.73. The first-order chi connectivity index (χ1) is 10.9. The highest BCUT2D eigenvalue weighted by Crippen LogP contribution is 2.24. The highest BCUT2D eigenvalue weighted by Gasteiger charge is 2.13. The van der Waals surface area contributed by atoms with Crippen LogP contribution in [0.3, 0.4) is 0 Å². The van der Waals surface area contributed by atoms with Gasteiger partial charge < -0.3 is 10.6 Å². The third kappa shape index (κ3) is 4.06. The van der Waals surface area contributed by atoms with Crippen molar-refractivity contribution in [3.05, 3.63) is 63.2 Å². The van der Waals surface area contributed by atoms with E-state index in [1.807, 2.05) is 32.0 Å². The van der Waals surface area contributed by atoms with Crippen LogP contribution < -0.4 is 10.6 Å². The second-order valence-electron chi connectivity index (χ2n) is 5.41. The molecule has 0 aromatic heterocycles. The Bertz CT molecular complexity index is 757. The zero-order chi connectivity index (χ0) is 17.0. The van der Waals surface area contributed by atoms with Gasteiger partial charge in [0.25, 0.3) is 5.69 Å². The van der Waals surface area contributed by atoms with E-state index < -0.39 is 4.92 Å². The monoisotopic (exact) mass is 313 g/mol. The number of carbonyl (C=O) groups excluding carboxylic acids is 1. The summed E-state index contributed by atoms with van der Waals surface area (Å²) in [6.45, 7) is 5.68. The van der Waals surface area contributed by atoms with E-state index in [4.69, 9.17) is 0 Å². The smallest absolute Gasteiger partial charge is 0.274 e. The second-order valence-corrected chi connectivity index (χ2v) is 5.41. The van der Waals surface area contributed by atoms with Gasteiger partial charge >= 0.3 is 0 Å². The second kappa shape index (κ2) is 6.91. The van der Waals surface area contributed by atoms with Crippen molar-refractivity contribution in [2.24, 2.45) is 0 Å². The Hall–Kier alpha value is -2.89. The zero-order valence-corrected chi connectivity index (χ0v) is 13.3. The molecule has 0 spiro atoms. The van der Waals surface area contributed by atoms with Crippen LogP contribution in [0.5, 0.6) is 0 Å². The fourth-order valence-corrected chi connectivity index (χ4v) is 2.21. The van der Waals surface area contributed by atoms with Crippen molar-refractivity contribution in [2.75, 3.05) is 17.2 Å². The van der Waals surface area contributed by atoms with Crippen LogP contribution in [0.2, 0.25) is 0 Å². The van der Waals surface area contributed by atoms with Gasteiger partial charge in [-0.05, 0) is 50.1 Å². The number of benzene rings is 2. The topological polar surface area (TPSA) is 84.3 Å². The van der Waals surface area contributed by atoms with E-state index in [0.717, 1.165) is 16.8 Å². The summed E-state index contributed by atoms with van der Waals surface area (Å²) in [7, 11) is 0. The summed E-state index contributed by atoms with van der Waals surface area (Å²) < 4.78 is 0. The molecule has 0 unspecified atom stereocenters. The van der Waals surface area contributed by atoms with Gasteiger partial charge in [0, 0.05) is 23.0 Å². The van der Waals surface area contributed by atoms with Crippen LogP contribution in [0.25, 0.3) is 0 Å². The number of hydrogen-bond donors (Lipinski definition) is 2. The predicted molar refractivity (Wildman–Crippen MR) is 90.9 cm³/mol. The molecule has 0 aliphatic carbocycles. The van der Waals surface area contributed by atoms with Gasteiger partial charge in [0.2, 0.25) is 5.91 Å². The Morgan fingerprint density at radius 1 is 1.13 bits per heavy atom. The quantitative estimate of drug-likeness (QED) is 0.653. The number of amides is 1. The van der Waals surface area contributed by atoms with Crippen LogP contribution in [0, 0.1) is 30.9 Å². The molecule has 6 nitrogen and oxygen atoms in total. The largest absolute Gasteiger partial charge is 0.376 e. The number of rotatable bonds is 5. The lowest BCUT2D eigenvalue weighted by molar-refractivity contribution is -0.385. The molecule has 0 bridgehead atoms. The molecule has 0 saturated carbocycles. The molecule has 2 rings (SSSR count). The molecule has 2 N–H and O–H groups in total. The van der Waals surface area contributed by atoms with Crippen molar-refractivity contribution in [2.45, 2.75) is 20.8 Å². The van der Waals surface area contributed by atoms with Gasteiger partial charge in [0.1, 0.15) is 0 Å². The Kier molecular flexibility index (Phi) is 4.95. The normalized spacial score (nSPS) is 10.2. The maximum atomic E-state index is 12.0. The van der Waals surface area contributed by atoms with Crippen molar-refractivity contribution >= 4 is 23.0 Å². The van der Waals surface area contributed by atoms with Crippen LogP contribution in [0.15, 0.2) is 36.4 Å². The maximum absolute atomic E-state index is 12.0. The van der Waals surface area contributed by atoms with Crippen molar-refractivity contribution in [1.29, 1.82) is 0 Å². The van der Waals surface area contributed by atoms with E-state index in [2.05, 4.69) is 10.6 Å². The Morgan fingerprint density at radius 3 is 2.52 bits per heavy atom. The first-order valence-electron chi connectivity index (χ1n) is 7.23. The lowest BCUT2D eigenvalue weighted by atomic mass is 10.1. The lowest BCUT2D eigenvalue weighted by Crippen LogP contribution is -2.22.